The van der Waals surface area contributed by atoms with E-state index in [1.165, 1.54) is 6.42 Å². The summed E-state index contributed by atoms with van der Waals surface area (Å²) in [6.45, 7) is 0.929. The lowest BCUT2D eigenvalue weighted by Crippen LogP contribution is -2.30. The number of pyridine rings is 1. The van der Waals surface area contributed by atoms with E-state index < -0.39 is 0 Å². The van der Waals surface area contributed by atoms with Crippen LogP contribution in [0.5, 0.6) is 0 Å². The lowest BCUT2D eigenvalue weighted by atomic mass is 10.2. The highest BCUT2D eigenvalue weighted by molar-refractivity contribution is 5.03. The molecule has 0 aromatic carbocycles. The second-order valence-electron chi connectivity index (χ2n) is 4.46. The topological polar surface area (TPSA) is 42.2 Å². The lowest BCUT2D eigenvalue weighted by Gasteiger charge is -2.23. The summed E-state index contributed by atoms with van der Waals surface area (Å²) in [6, 6.07) is 7.11. The highest BCUT2D eigenvalue weighted by Crippen LogP contribution is 2.22. The monoisotopic (exact) mass is 205 g/mol. The summed E-state index contributed by atoms with van der Waals surface area (Å²) >= 11 is 0. The average Bonchev–Trinajstić information content (AvgIpc) is 2.66. The van der Waals surface area contributed by atoms with E-state index in [1.54, 1.807) is 0 Å². The third-order valence-electron chi connectivity index (χ3n) is 3.21. The molecule has 2 N–H and O–H groups in total. The minimum Gasteiger partial charge on any atom is -0.328 e. The summed E-state index contributed by atoms with van der Waals surface area (Å²) in [7, 11) is 2.16. The van der Waals surface area contributed by atoms with Gasteiger partial charge in [0.25, 0.3) is 0 Å². The van der Waals surface area contributed by atoms with Gasteiger partial charge in [-0.15, -0.1) is 0 Å². The van der Waals surface area contributed by atoms with Crippen molar-refractivity contribution in [3.8, 4) is 0 Å². The fourth-order valence-corrected chi connectivity index (χ4v) is 2.27. The minimum atomic E-state index is 0.404. The van der Waals surface area contributed by atoms with Gasteiger partial charge in [0.15, 0.2) is 0 Å². The van der Waals surface area contributed by atoms with E-state index in [1.807, 2.05) is 18.3 Å². The summed E-state index contributed by atoms with van der Waals surface area (Å²) in [5.74, 6) is 0. The molecule has 2 atom stereocenters. The number of rotatable bonds is 3. The van der Waals surface area contributed by atoms with Gasteiger partial charge >= 0.3 is 0 Å². The van der Waals surface area contributed by atoms with E-state index in [0.717, 1.165) is 25.1 Å². The lowest BCUT2D eigenvalue weighted by molar-refractivity contribution is 0.233. The third kappa shape index (κ3) is 2.76. The Bertz CT molecular complexity index is 299. The van der Waals surface area contributed by atoms with Crippen LogP contribution in [0.4, 0.5) is 0 Å². The molecule has 1 fully saturated rings. The van der Waals surface area contributed by atoms with Crippen molar-refractivity contribution in [3.05, 3.63) is 30.1 Å². The predicted molar refractivity (Wildman–Crippen MR) is 61.3 cm³/mol. The van der Waals surface area contributed by atoms with Crippen LogP contribution in [0.1, 0.15) is 25.0 Å². The Kier molecular flexibility index (Phi) is 3.34. The molecule has 1 heterocycles. The second-order valence-corrected chi connectivity index (χ2v) is 4.46. The van der Waals surface area contributed by atoms with E-state index in [9.17, 15) is 0 Å². The molecular weight excluding hydrogens is 186 g/mol. The number of hydrogen-bond acceptors (Lipinski definition) is 3. The summed E-state index contributed by atoms with van der Waals surface area (Å²) < 4.78 is 0. The molecule has 0 spiro atoms. The Morgan fingerprint density at radius 3 is 2.93 bits per heavy atom. The van der Waals surface area contributed by atoms with Crippen LogP contribution in [0.15, 0.2) is 24.4 Å². The summed E-state index contributed by atoms with van der Waals surface area (Å²) in [6.07, 6.45) is 5.37. The number of hydrogen-bond donors (Lipinski definition) is 1. The Morgan fingerprint density at radius 1 is 1.47 bits per heavy atom. The molecule has 2 rings (SSSR count). The number of nitrogens with zero attached hydrogens (tertiary/aromatic N) is 2. The number of nitrogens with two attached hydrogens (primary N) is 1. The van der Waals surface area contributed by atoms with Crippen LogP contribution >= 0.6 is 0 Å². The normalized spacial score (nSPS) is 26.1. The average molecular weight is 205 g/mol. The van der Waals surface area contributed by atoms with Gasteiger partial charge in [-0.3, -0.25) is 9.88 Å². The van der Waals surface area contributed by atoms with E-state index in [-0.39, 0.29) is 0 Å². The van der Waals surface area contributed by atoms with Crippen molar-refractivity contribution in [1.82, 2.24) is 9.88 Å². The fourth-order valence-electron chi connectivity index (χ4n) is 2.27. The van der Waals surface area contributed by atoms with Crippen molar-refractivity contribution in [2.45, 2.75) is 37.9 Å². The van der Waals surface area contributed by atoms with E-state index in [4.69, 9.17) is 5.73 Å². The Hall–Kier alpha value is -0.930. The van der Waals surface area contributed by atoms with Crippen LogP contribution in [0, 0.1) is 0 Å². The molecule has 1 aliphatic rings. The molecule has 0 bridgehead atoms. The molecule has 0 saturated heterocycles. The van der Waals surface area contributed by atoms with Gasteiger partial charge in [-0.05, 0) is 38.4 Å². The zero-order valence-electron chi connectivity index (χ0n) is 9.26. The zero-order chi connectivity index (χ0) is 10.7. The first-order valence-corrected chi connectivity index (χ1v) is 5.61. The highest BCUT2D eigenvalue weighted by Gasteiger charge is 2.24. The number of aromatic nitrogens is 1. The summed E-state index contributed by atoms with van der Waals surface area (Å²) in [5, 5.41) is 0. The van der Waals surface area contributed by atoms with Crippen molar-refractivity contribution in [2.24, 2.45) is 5.73 Å². The molecule has 15 heavy (non-hydrogen) atoms. The molecule has 2 unspecified atom stereocenters. The first-order chi connectivity index (χ1) is 7.25. The van der Waals surface area contributed by atoms with Gasteiger partial charge in [-0.25, -0.2) is 0 Å². The van der Waals surface area contributed by atoms with Crippen LogP contribution in [0.3, 0.4) is 0 Å². The minimum absolute atomic E-state index is 0.404. The Labute approximate surface area is 91.3 Å². The first kappa shape index (κ1) is 10.6. The van der Waals surface area contributed by atoms with E-state index >= 15 is 0 Å². The SMILES string of the molecule is CN(Cc1ccccn1)C1CCC(N)C1. The Morgan fingerprint density at radius 2 is 2.33 bits per heavy atom. The van der Waals surface area contributed by atoms with Crippen molar-refractivity contribution in [2.75, 3.05) is 7.05 Å². The van der Waals surface area contributed by atoms with Crippen molar-refractivity contribution >= 4 is 0 Å². The molecule has 1 aromatic heterocycles. The summed E-state index contributed by atoms with van der Waals surface area (Å²) in [5.41, 5.74) is 7.05. The molecule has 1 saturated carbocycles. The highest BCUT2D eigenvalue weighted by atomic mass is 15.1. The van der Waals surface area contributed by atoms with E-state index in [0.29, 0.717) is 12.1 Å². The predicted octanol–water partition coefficient (Wildman–Crippen LogP) is 1.39. The van der Waals surface area contributed by atoms with Gasteiger partial charge in [-0.1, -0.05) is 6.07 Å². The maximum Gasteiger partial charge on any atom is 0.0543 e. The second kappa shape index (κ2) is 4.73. The van der Waals surface area contributed by atoms with Crippen LogP contribution in [0.2, 0.25) is 0 Å². The zero-order valence-corrected chi connectivity index (χ0v) is 9.26. The quantitative estimate of drug-likeness (QED) is 0.811. The molecule has 3 heteroatoms. The van der Waals surface area contributed by atoms with Crippen LogP contribution in [0.25, 0.3) is 0 Å². The van der Waals surface area contributed by atoms with Crippen LogP contribution in [-0.4, -0.2) is 29.0 Å². The van der Waals surface area contributed by atoms with Gasteiger partial charge in [0.1, 0.15) is 0 Å². The van der Waals surface area contributed by atoms with Gasteiger partial charge in [0.05, 0.1) is 5.69 Å². The van der Waals surface area contributed by atoms with Crippen molar-refractivity contribution in [1.29, 1.82) is 0 Å². The Balaban J connectivity index is 1.90. The van der Waals surface area contributed by atoms with Gasteiger partial charge in [-0.2, -0.15) is 0 Å². The molecule has 0 amide bonds. The van der Waals surface area contributed by atoms with Gasteiger partial charge in [0.2, 0.25) is 0 Å². The van der Waals surface area contributed by atoms with Crippen LogP contribution in [-0.2, 0) is 6.54 Å². The molecule has 0 aliphatic heterocycles. The standard InChI is InChI=1S/C12H19N3/c1-15(12-6-5-10(13)8-12)9-11-4-2-3-7-14-11/h2-4,7,10,12H,5-6,8-9,13H2,1H3. The van der Waals surface area contributed by atoms with Crippen molar-refractivity contribution in [3.63, 3.8) is 0 Å². The molecular formula is C12H19N3. The molecule has 0 radical (unpaired) electrons. The smallest absolute Gasteiger partial charge is 0.0543 e. The fraction of sp³-hybridized carbons (Fsp3) is 0.583. The first-order valence-electron chi connectivity index (χ1n) is 5.61. The van der Waals surface area contributed by atoms with Crippen molar-refractivity contribution < 1.29 is 0 Å². The largest absolute Gasteiger partial charge is 0.328 e. The van der Waals surface area contributed by atoms with Crippen LogP contribution < -0.4 is 5.73 Å². The molecule has 1 aromatic rings. The molecule has 3 nitrogen and oxygen atoms in total. The van der Waals surface area contributed by atoms with Gasteiger partial charge < -0.3 is 5.73 Å². The molecule has 1 aliphatic carbocycles. The van der Waals surface area contributed by atoms with Gasteiger partial charge in [0, 0.05) is 24.8 Å². The maximum absolute atomic E-state index is 5.91. The summed E-state index contributed by atoms with van der Waals surface area (Å²) in [4.78, 5) is 6.71. The third-order valence-corrected chi connectivity index (χ3v) is 3.21. The van der Waals surface area contributed by atoms with E-state index in [2.05, 4.69) is 23.0 Å². The maximum atomic E-state index is 5.91. The molecule has 82 valence electrons.